The van der Waals surface area contributed by atoms with Crippen LogP contribution in [-0.4, -0.2) is 37.7 Å². The Hall–Kier alpha value is -2.21. The van der Waals surface area contributed by atoms with Gasteiger partial charge >= 0.3 is 0 Å². The van der Waals surface area contributed by atoms with E-state index < -0.39 is 0 Å². The number of ether oxygens (including phenoxy) is 3. The molecule has 28 heavy (non-hydrogen) atoms. The molecule has 0 saturated carbocycles. The fraction of sp³-hybridized carbons (Fsp3) is 0.409. The van der Waals surface area contributed by atoms with E-state index in [-0.39, 0.29) is 12.3 Å². The number of likely N-dealkylation sites (N-methyl/N-ethyl adjacent to an activating group) is 1. The lowest BCUT2D eigenvalue weighted by Gasteiger charge is -2.20. The zero-order chi connectivity index (χ0) is 20.5. The highest BCUT2D eigenvalue weighted by molar-refractivity contribution is 9.10. The van der Waals surface area contributed by atoms with Crippen molar-refractivity contribution < 1.29 is 19.0 Å². The zero-order valence-electron chi connectivity index (χ0n) is 17.0. The average molecular weight is 450 g/mol. The number of carbonyl (C=O) groups excluding carboxylic acids is 1. The van der Waals surface area contributed by atoms with Crippen LogP contribution in [-0.2, 0) is 17.8 Å². The Bertz CT molecular complexity index is 794. The molecule has 0 N–H and O–H groups in total. The van der Waals surface area contributed by atoms with E-state index >= 15 is 0 Å². The van der Waals surface area contributed by atoms with Crippen LogP contribution in [0.4, 0.5) is 0 Å². The summed E-state index contributed by atoms with van der Waals surface area (Å²) in [5.74, 6) is 2.15. The van der Waals surface area contributed by atoms with E-state index in [9.17, 15) is 4.79 Å². The van der Waals surface area contributed by atoms with Crippen molar-refractivity contribution in [3.63, 3.8) is 0 Å². The summed E-state index contributed by atoms with van der Waals surface area (Å²) >= 11 is 3.55. The van der Waals surface area contributed by atoms with E-state index in [1.165, 1.54) is 0 Å². The van der Waals surface area contributed by atoms with Gasteiger partial charge in [-0.05, 0) is 44.5 Å². The second-order valence-corrected chi connectivity index (χ2v) is 7.08. The van der Waals surface area contributed by atoms with Gasteiger partial charge in [-0.2, -0.15) is 0 Å². The smallest absolute Gasteiger partial charge is 0.227 e. The minimum Gasteiger partial charge on any atom is -0.494 e. The summed E-state index contributed by atoms with van der Waals surface area (Å²) in [6, 6.07) is 11.5. The molecule has 0 radical (unpaired) electrons. The normalized spacial score (nSPS) is 10.5. The first-order valence-electron chi connectivity index (χ1n) is 9.52. The van der Waals surface area contributed by atoms with E-state index in [0.29, 0.717) is 37.9 Å². The lowest BCUT2D eigenvalue weighted by atomic mass is 10.1. The van der Waals surface area contributed by atoms with Gasteiger partial charge < -0.3 is 19.1 Å². The second-order valence-electron chi connectivity index (χ2n) is 6.22. The van der Waals surface area contributed by atoms with Crippen LogP contribution < -0.4 is 14.2 Å². The third-order valence-electron chi connectivity index (χ3n) is 4.16. The SMILES string of the molecule is CCOc1ccccc1CN(C)C(=O)Cc1cc(OCC)c(OCC)cc1Br. The molecule has 0 aliphatic heterocycles. The number of halogens is 1. The summed E-state index contributed by atoms with van der Waals surface area (Å²) in [6.45, 7) is 7.96. The standard InChI is InChI=1S/C22H28BrNO4/c1-5-26-19-11-9-8-10-16(19)15-24(4)22(25)13-17-12-20(27-6-2)21(28-7-3)14-18(17)23/h8-12,14H,5-7,13,15H2,1-4H3. The van der Waals surface area contributed by atoms with E-state index in [2.05, 4.69) is 15.9 Å². The molecule has 0 spiro atoms. The Morgan fingerprint density at radius 1 is 0.893 bits per heavy atom. The molecule has 5 nitrogen and oxygen atoms in total. The Morgan fingerprint density at radius 2 is 1.46 bits per heavy atom. The van der Waals surface area contributed by atoms with Crippen LogP contribution in [0.2, 0.25) is 0 Å². The maximum absolute atomic E-state index is 12.8. The molecule has 2 aromatic rings. The first-order chi connectivity index (χ1) is 13.5. The predicted molar refractivity (Wildman–Crippen MR) is 114 cm³/mol. The summed E-state index contributed by atoms with van der Waals surface area (Å²) < 4.78 is 17.8. The summed E-state index contributed by atoms with van der Waals surface area (Å²) in [5.41, 5.74) is 1.85. The van der Waals surface area contributed by atoms with Crippen LogP contribution in [0.5, 0.6) is 17.2 Å². The minimum absolute atomic E-state index is 0.0126. The van der Waals surface area contributed by atoms with E-state index in [4.69, 9.17) is 14.2 Å². The Balaban J connectivity index is 2.14. The molecule has 0 bridgehead atoms. The van der Waals surface area contributed by atoms with E-state index in [0.717, 1.165) is 21.3 Å². The number of rotatable bonds is 10. The second kappa shape index (κ2) is 11.0. The topological polar surface area (TPSA) is 48.0 Å². The number of amides is 1. The number of benzene rings is 2. The monoisotopic (exact) mass is 449 g/mol. The zero-order valence-corrected chi connectivity index (χ0v) is 18.5. The molecule has 2 aromatic carbocycles. The van der Waals surface area contributed by atoms with Gasteiger partial charge in [-0.3, -0.25) is 4.79 Å². The molecular formula is C22H28BrNO4. The maximum Gasteiger partial charge on any atom is 0.227 e. The van der Waals surface area contributed by atoms with Gasteiger partial charge in [0.25, 0.3) is 0 Å². The maximum atomic E-state index is 12.8. The summed E-state index contributed by atoms with van der Waals surface area (Å²) in [4.78, 5) is 14.5. The number of carbonyl (C=O) groups is 1. The van der Waals surface area contributed by atoms with Crippen LogP contribution in [0.1, 0.15) is 31.9 Å². The lowest BCUT2D eigenvalue weighted by Crippen LogP contribution is -2.28. The Morgan fingerprint density at radius 3 is 2.11 bits per heavy atom. The molecule has 2 rings (SSSR count). The summed E-state index contributed by atoms with van der Waals surface area (Å²) in [7, 11) is 1.80. The van der Waals surface area contributed by atoms with Crippen molar-refractivity contribution in [2.24, 2.45) is 0 Å². The van der Waals surface area contributed by atoms with Crippen LogP contribution >= 0.6 is 15.9 Å². The first kappa shape index (κ1) is 22.1. The number of para-hydroxylation sites is 1. The van der Waals surface area contributed by atoms with Crippen LogP contribution in [0.25, 0.3) is 0 Å². The van der Waals surface area contributed by atoms with Crippen molar-refractivity contribution in [2.75, 3.05) is 26.9 Å². The highest BCUT2D eigenvalue weighted by atomic mass is 79.9. The van der Waals surface area contributed by atoms with Crippen LogP contribution in [0.15, 0.2) is 40.9 Å². The number of hydrogen-bond acceptors (Lipinski definition) is 4. The molecule has 1 amide bonds. The third kappa shape index (κ3) is 5.89. The van der Waals surface area contributed by atoms with Crippen molar-refractivity contribution in [1.82, 2.24) is 4.90 Å². The lowest BCUT2D eigenvalue weighted by molar-refractivity contribution is -0.129. The van der Waals surface area contributed by atoms with Crippen molar-refractivity contribution >= 4 is 21.8 Å². The molecule has 0 aliphatic carbocycles. The van der Waals surface area contributed by atoms with Gasteiger partial charge in [0.2, 0.25) is 5.91 Å². The quantitative estimate of drug-likeness (QED) is 0.520. The van der Waals surface area contributed by atoms with Crippen molar-refractivity contribution in [3.05, 3.63) is 52.0 Å². The van der Waals surface area contributed by atoms with Gasteiger partial charge in [0.1, 0.15) is 5.75 Å². The van der Waals surface area contributed by atoms with Gasteiger partial charge in [0, 0.05) is 23.6 Å². The van der Waals surface area contributed by atoms with Gasteiger partial charge in [-0.15, -0.1) is 0 Å². The van der Waals surface area contributed by atoms with Gasteiger partial charge in [-0.1, -0.05) is 34.1 Å². The number of nitrogens with zero attached hydrogens (tertiary/aromatic N) is 1. The molecular weight excluding hydrogens is 422 g/mol. The predicted octanol–water partition coefficient (Wildman–Crippen LogP) is 4.85. The van der Waals surface area contributed by atoms with Crippen molar-refractivity contribution in [3.8, 4) is 17.2 Å². The van der Waals surface area contributed by atoms with Crippen molar-refractivity contribution in [2.45, 2.75) is 33.7 Å². The molecule has 0 fully saturated rings. The molecule has 0 aliphatic rings. The van der Waals surface area contributed by atoms with Crippen LogP contribution in [0.3, 0.4) is 0 Å². The molecule has 152 valence electrons. The fourth-order valence-electron chi connectivity index (χ4n) is 2.82. The van der Waals surface area contributed by atoms with E-state index in [1.54, 1.807) is 11.9 Å². The van der Waals surface area contributed by atoms with Gasteiger partial charge in [0.15, 0.2) is 11.5 Å². The summed E-state index contributed by atoms with van der Waals surface area (Å²) in [5, 5.41) is 0. The average Bonchev–Trinajstić information content (AvgIpc) is 2.67. The highest BCUT2D eigenvalue weighted by Gasteiger charge is 2.17. The van der Waals surface area contributed by atoms with Crippen molar-refractivity contribution in [1.29, 1.82) is 0 Å². The Labute approximate surface area is 175 Å². The van der Waals surface area contributed by atoms with Crippen LogP contribution in [0, 0.1) is 0 Å². The molecule has 0 aromatic heterocycles. The molecule has 0 unspecified atom stereocenters. The largest absolute Gasteiger partial charge is 0.494 e. The van der Waals surface area contributed by atoms with Gasteiger partial charge in [0.05, 0.1) is 26.2 Å². The molecule has 0 heterocycles. The first-order valence-corrected chi connectivity index (χ1v) is 10.3. The minimum atomic E-state index is 0.0126. The van der Waals surface area contributed by atoms with Gasteiger partial charge in [-0.25, -0.2) is 0 Å². The highest BCUT2D eigenvalue weighted by Crippen LogP contribution is 2.34. The molecule has 0 saturated heterocycles. The third-order valence-corrected chi connectivity index (χ3v) is 4.90. The van der Waals surface area contributed by atoms with E-state index in [1.807, 2.05) is 57.2 Å². The number of hydrogen-bond donors (Lipinski definition) is 0. The molecule has 6 heteroatoms. The fourth-order valence-corrected chi connectivity index (χ4v) is 3.28. The Kier molecular flexibility index (Phi) is 8.64. The summed E-state index contributed by atoms with van der Waals surface area (Å²) in [6.07, 6.45) is 0.264. The molecule has 0 atom stereocenters.